The van der Waals surface area contributed by atoms with Crippen LogP contribution in [0.4, 0.5) is 5.69 Å². The van der Waals surface area contributed by atoms with E-state index in [1.807, 2.05) is 0 Å². The number of hydrogen-bond donors (Lipinski definition) is 2. The van der Waals surface area contributed by atoms with E-state index in [1.165, 1.54) is 101 Å². The van der Waals surface area contributed by atoms with Crippen molar-refractivity contribution in [3.63, 3.8) is 0 Å². The summed E-state index contributed by atoms with van der Waals surface area (Å²) in [5, 5.41) is 12.1. The number of rotatable bonds is 21. The number of nitrogens with one attached hydrogen (secondary N) is 1. The van der Waals surface area contributed by atoms with Gasteiger partial charge >= 0.3 is 0 Å². The fraction of sp³-hybridized carbons (Fsp3) is 0.741. The van der Waals surface area contributed by atoms with Gasteiger partial charge in [-0.15, -0.1) is 0 Å². The zero-order valence-corrected chi connectivity index (χ0v) is 20.8. The van der Waals surface area contributed by atoms with Gasteiger partial charge in [0.25, 0.3) is 0 Å². The fourth-order valence-corrected chi connectivity index (χ4v) is 4.78. The van der Waals surface area contributed by atoms with Crippen LogP contribution in [-0.4, -0.2) is 22.5 Å². The zero-order chi connectivity index (χ0) is 22.4. The van der Waals surface area contributed by atoms with Crippen LogP contribution in [-0.2, 0) is 4.79 Å². The third kappa shape index (κ3) is 18.1. The number of phenolic OH excluding ortho intramolecular Hbond substituents is 1. The van der Waals surface area contributed by atoms with Crippen molar-refractivity contribution in [2.75, 3.05) is 16.8 Å². The number of benzene rings is 1. The highest BCUT2D eigenvalue weighted by Crippen LogP contribution is 2.16. The Hall–Kier alpha value is -1.16. The van der Waals surface area contributed by atoms with E-state index in [9.17, 15) is 9.90 Å². The summed E-state index contributed by atoms with van der Waals surface area (Å²) >= 11 is 2.15. The minimum atomic E-state index is 0.0650. The summed E-state index contributed by atoms with van der Waals surface area (Å²) in [5.74, 6) is 2.98. The number of unbranched alkanes of at least 4 members (excludes halogenated alkanes) is 14. The summed E-state index contributed by atoms with van der Waals surface area (Å²) in [5.41, 5.74) is 0.749. The molecule has 178 valence electrons. The third-order valence-electron chi connectivity index (χ3n) is 5.74. The summed E-state index contributed by atoms with van der Waals surface area (Å²) in [6, 6.07) is 6.63. The van der Waals surface area contributed by atoms with Crippen LogP contribution in [0.15, 0.2) is 24.3 Å². The van der Waals surface area contributed by atoms with E-state index in [2.05, 4.69) is 24.0 Å². The topological polar surface area (TPSA) is 49.3 Å². The van der Waals surface area contributed by atoms with Gasteiger partial charge in [-0.3, -0.25) is 4.79 Å². The highest BCUT2D eigenvalue weighted by Gasteiger charge is 2.02. The lowest BCUT2D eigenvalue weighted by Gasteiger charge is -2.06. The minimum Gasteiger partial charge on any atom is -0.508 e. The molecule has 0 bridgehead atoms. The molecule has 0 fully saturated rings. The molecule has 0 atom stereocenters. The van der Waals surface area contributed by atoms with Crippen molar-refractivity contribution in [1.29, 1.82) is 0 Å². The Morgan fingerprint density at radius 3 is 1.68 bits per heavy atom. The molecule has 0 aliphatic carbocycles. The Balaban J connectivity index is 1.75. The lowest BCUT2D eigenvalue weighted by atomic mass is 10.1. The quantitative estimate of drug-likeness (QED) is 0.146. The Morgan fingerprint density at radius 2 is 1.16 bits per heavy atom. The van der Waals surface area contributed by atoms with Gasteiger partial charge in [0.1, 0.15) is 5.75 Å². The van der Waals surface area contributed by atoms with Crippen molar-refractivity contribution in [2.45, 2.75) is 116 Å². The number of aromatic hydroxyl groups is 1. The molecule has 0 unspecified atom stereocenters. The summed E-state index contributed by atoms with van der Waals surface area (Å²) in [4.78, 5) is 11.9. The highest BCUT2D eigenvalue weighted by molar-refractivity contribution is 7.99. The predicted molar refractivity (Wildman–Crippen MR) is 138 cm³/mol. The van der Waals surface area contributed by atoms with Gasteiger partial charge in [0, 0.05) is 12.1 Å². The maximum absolute atomic E-state index is 11.9. The molecular formula is C27H47NO2S. The van der Waals surface area contributed by atoms with Crippen LogP contribution in [0.3, 0.4) is 0 Å². The van der Waals surface area contributed by atoms with Crippen LogP contribution in [0, 0.1) is 0 Å². The highest BCUT2D eigenvalue weighted by atomic mass is 32.2. The van der Waals surface area contributed by atoms with Gasteiger partial charge in [0.15, 0.2) is 0 Å². The summed E-state index contributed by atoms with van der Waals surface area (Å²) in [7, 11) is 0. The normalized spacial score (nSPS) is 11.0. The van der Waals surface area contributed by atoms with Crippen LogP contribution in [0.5, 0.6) is 5.75 Å². The van der Waals surface area contributed by atoms with Crippen molar-refractivity contribution in [2.24, 2.45) is 0 Å². The van der Waals surface area contributed by atoms with Crippen molar-refractivity contribution in [3.8, 4) is 5.75 Å². The summed E-state index contributed by atoms with van der Waals surface area (Å²) in [6.07, 6.45) is 22.0. The van der Waals surface area contributed by atoms with E-state index in [-0.39, 0.29) is 11.7 Å². The number of carbonyl (C=O) groups excluding carboxylic acids is 1. The van der Waals surface area contributed by atoms with E-state index in [0.29, 0.717) is 6.42 Å². The molecule has 3 nitrogen and oxygen atoms in total. The van der Waals surface area contributed by atoms with E-state index in [1.54, 1.807) is 24.3 Å². The first-order valence-corrected chi connectivity index (χ1v) is 14.0. The van der Waals surface area contributed by atoms with Crippen LogP contribution in [0.1, 0.15) is 116 Å². The number of hydrogen-bond acceptors (Lipinski definition) is 3. The maximum Gasteiger partial charge on any atom is 0.224 e. The molecule has 0 spiro atoms. The van der Waals surface area contributed by atoms with Crippen LogP contribution in [0.2, 0.25) is 0 Å². The average molecular weight is 450 g/mol. The van der Waals surface area contributed by atoms with Gasteiger partial charge in [-0.05, 0) is 55.0 Å². The lowest BCUT2D eigenvalue weighted by molar-refractivity contribution is -0.116. The first-order chi connectivity index (χ1) is 15.2. The van der Waals surface area contributed by atoms with Crippen LogP contribution >= 0.6 is 11.8 Å². The Kier molecular flexibility index (Phi) is 18.6. The molecule has 0 aromatic heterocycles. The number of carbonyl (C=O) groups is 1. The van der Waals surface area contributed by atoms with E-state index >= 15 is 0 Å². The van der Waals surface area contributed by atoms with Gasteiger partial charge in [-0.1, -0.05) is 90.4 Å². The smallest absolute Gasteiger partial charge is 0.224 e. The lowest BCUT2D eigenvalue weighted by Crippen LogP contribution is -2.10. The first-order valence-electron chi connectivity index (χ1n) is 12.9. The number of thioether (sulfide) groups is 1. The van der Waals surface area contributed by atoms with E-state index in [4.69, 9.17) is 0 Å². The Labute approximate surface area is 196 Å². The van der Waals surface area contributed by atoms with Gasteiger partial charge in [-0.2, -0.15) is 11.8 Å². The molecule has 2 N–H and O–H groups in total. The second-order valence-electron chi connectivity index (χ2n) is 8.76. The Morgan fingerprint density at radius 1 is 0.710 bits per heavy atom. The van der Waals surface area contributed by atoms with E-state index in [0.717, 1.165) is 18.5 Å². The predicted octanol–water partition coefficient (Wildman–Crippen LogP) is 8.72. The largest absolute Gasteiger partial charge is 0.508 e. The summed E-state index contributed by atoms with van der Waals surface area (Å²) in [6.45, 7) is 2.28. The van der Waals surface area contributed by atoms with Gasteiger partial charge in [0.05, 0.1) is 0 Å². The molecule has 31 heavy (non-hydrogen) atoms. The number of amides is 1. The molecule has 1 aromatic carbocycles. The van der Waals surface area contributed by atoms with Gasteiger partial charge in [0.2, 0.25) is 5.91 Å². The van der Waals surface area contributed by atoms with E-state index < -0.39 is 0 Å². The molecule has 0 aliphatic rings. The number of phenols is 1. The second kappa shape index (κ2) is 20.7. The molecule has 0 aliphatic heterocycles. The van der Waals surface area contributed by atoms with Crippen molar-refractivity contribution in [3.05, 3.63) is 24.3 Å². The van der Waals surface area contributed by atoms with Crippen molar-refractivity contribution >= 4 is 23.4 Å². The van der Waals surface area contributed by atoms with Gasteiger partial charge < -0.3 is 10.4 Å². The molecule has 4 heteroatoms. The first kappa shape index (κ1) is 27.9. The molecule has 0 saturated heterocycles. The standard InChI is InChI=1S/C27H47NO2S/c1-2-3-4-5-6-10-13-16-23-31-24-17-14-11-8-7-9-12-15-18-27(30)28-25-19-21-26(29)22-20-25/h19-22,29H,2-18,23-24H2,1H3,(H,28,30). The number of anilines is 1. The molecular weight excluding hydrogens is 402 g/mol. The maximum atomic E-state index is 11.9. The zero-order valence-electron chi connectivity index (χ0n) is 20.0. The molecule has 0 heterocycles. The van der Waals surface area contributed by atoms with Crippen molar-refractivity contribution < 1.29 is 9.90 Å². The van der Waals surface area contributed by atoms with Crippen molar-refractivity contribution in [1.82, 2.24) is 0 Å². The molecule has 0 saturated carbocycles. The monoisotopic (exact) mass is 449 g/mol. The SMILES string of the molecule is CCCCCCCCCCSCCCCCCCCCCC(=O)Nc1ccc(O)cc1. The van der Waals surface area contributed by atoms with Crippen LogP contribution < -0.4 is 5.32 Å². The molecule has 1 rings (SSSR count). The Bertz CT molecular complexity index is 533. The molecule has 1 aromatic rings. The van der Waals surface area contributed by atoms with Gasteiger partial charge in [-0.25, -0.2) is 0 Å². The average Bonchev–Trinajstić information content (AvgIpc) is 2.77. The molecule has 1 amide bonds. The fourth-order valence-electron chi connectivity index (χ4n) is 3.76. The third-order valence-corrected chi connectivity index (χ3v) is 6.89. The summed E-state index contributed by atoms with van der Waals surface area (Å²) < 4.78 is 0. The molecule has 0 radical (unpaired) electrons. The minimum absolute atomic E-state index is 0.0650. The van der Waals surface area contributed by atoms with Crippen LogP contribution in [0.25, 0.3) is 0 Å². The second-order valence-corrected chi connectivity index (χ2v) is 9.99.